The van der Waals surface area contributed by atoms with Crippen molar-refractivity contribution < 1.29 is 0 Å². The third-order valence-electron chi connectivity index (χ3n) is 2.84. The second kappa shape index (κ2) is 4.90. The minimum absolute atomic E-state index is 0.402. The first-order chi connectivity index (χ1) is 7.79. The first-order valence-electron chi connectivity index (χ1n) is 5.38. The van der Waals surface area contributed by atoms with Crippen LogP contribution in [0.5, 0.6) is 0 Å². The summed E-state index contributed by atoms with van der Waals surface area (Å²) in [5, 5.41) is 23.1. The summed E-state index contributed by atoms with van der Waals surface area (Å²) < 4.78 is 1.63. The molecule has 7 heteroatoms. The number of aryl methyl sites for hydroxylation is 1. The van der Waals surface area contributed by atoms with Gasteiger partial charge in [0.1, 0.15) is 0 Å². The Morgan fingerprint density at radius 3 is 2.81 bits per heavy atom. The third kappa shape index (κ3) is 2.46. The van der Waals surface area contributed by atoms with Crippen LogP contribution in [-0.2, 0) is 7.05 Å². The van der Waals surface area contributed by atoms with Crippen molar-refractivity contribution in [2.45, 2.75) is 18.9 Å². The standard InChI is InChI=1S/C9H15N7/c1-15-9(12-13-14-15)11-8-2-5-16(6-3-8)7-4-10/h8H,2-3,5-7H2,1H3,(H,11,12,14). The van der Waals surface area contributed by atoms with Gasteiger partial charge in [-0.05, 0) is 23.3 Å². The molecule has 0 bridgehead atoms. The molecular formula is C9H15N7. The molecule has 2 rings (SSSR count). The van der Waals surface area contributed by atoms with Crippen molar-refractivity contribution in [2.75, 3.05) is 25.0 Å². The molecule has 0 aliphatic carbocycles. The lowest BCUT2D eigenvalue weighted by Gasteiger charge is -2.30. The average Bonchev–Trinajstić information content (AvgIpc) is 2.68. The Balaban J connectivity index is 1.82. The molecule has 7 nitrogen and oxygen atoms in total. The van der Waals surface area contributed by atoms with Gasteiger partial charge in [0.15, 0.2) is 0 Å². The van der Waals surface area contributed by atoms with Crippen molar-refractivity contribution >= 4 is 5.95 Å². The van der Waals surface area contributed by atoms with Crippen molar-refractivity contribution in [1.29, 1.82) is 5.26 Å². The molecule has 1 fully saturated rings. The highest BCUT2D eigenvalue weighted by Gasteiger charge is 2.19. The third-order valence-corrected chi connectivity index (χ3v) is 2.84. The summed E-state index contributed by atoms with van der Waals surface area (Å²) >= 11 is 0. The summed E-state index contributed by atoms with van der Waals surface area (Å²) in [5.41, 5.74) is 0. The maximum atomic E-state index is 8.59. The van der Waals surface area contributed by atoms with Crippen molar-refractivity contribution in [3.8, 4) is 6.07 Å². The second-order valence-electron chi connectivity index (χ2n) is 3.98. The Labute approximate surface area is 94.0 Å². The lowest BCUT2D eigenvalue weighted by Crippen LogP contribution is -2.39. The van der Waals surface area contributed by atoms with Gasteiger partial charge in [0.05, 0.1) is 12.6 Å². The van der Waals surface area contributed by atoms with E-state index in [0.29, 0.717) is 18.5 Å². The fraction of sp³-hybridized carbons (Fsp3) is 0.778. The molecule has 0 unspecified atom stereocenters. The van der Waals surface area contributed by atoms with E-state index in [4.69, 9.17) is 5.26 Å². The smallest absolute Gasteiger partial charge is 0.242 e. The zero-order valence-corrected chi connectivity index (χ0v) is 9.30. The summed E-state index contributed by atoms with van der Waals surface area (Å²) in [4.78, 5) is 2.16. The van der Waals surface area contributed by atoms with Crippen molar-refractivity contribution in [2.24, 2.45) is 7.05 Å². The van der Waals surface area contributed by atoms with Crippen molar-refractivity contribution in [1.82, 2.24) is 25.1 Å². The highest BCUT2D eigenvalue weighted by Crippen LogP contribution is 2.13. The van der Waals surface area contributed by atoms with E-state index >= 15 is 0 Å². The van der Waals surface area contributed by atoms with E-state index in [0.717, 1.165) is 25.9 Å². The molecule has 1 saturated heterocycles. The molecule has 1 aliphatic heterocycles. The number of nitrogens with one attached hydrogen (secondary N) is 1. The summed E-state index contributed by atoms with van der Waals surface area (Å²) in [6.45, 7) is 2.44. The Hall–Kier alpha value is -1.68. The first kappa shape index (κ1) is 10.8. The Kier molecular flexibility index (Phi) is 3.31. The van der Waals surface area contributed by atoms with E-state index < -0.39 is 0 Å². The number of nitrogens with zero attached hydrogens (tertiary/aromatic N) is 6. The van der Waals surface area contributed by atoms with Crippen LogP contribution in [0.3, 0.4) is 0 Å². The lowest BCUT2D eigenvalue weighted by atomic mass is 10.1. The maximum absolute atomic E-state index is 8.59. The Bertz CT molecular complexity index is 371. The molecule has 86 valence electrons. The topological polar surface area (TPSA) is 82.7 Å². The molecule has 16 heavy (non-hydrogen) atoms. The van der Waals surface area contributed by atoms with Gasteiger partial charge in [-0.15, -0.1) is 0 Å². The number of aromatic nitrogens is 4. The van der Waals surface area contributed by atoms with Crippen LogP contribution in [0.25, 0.3) is 0 Å². The van der Waals surface area contributed by atoms with Gasteiger partial charge < -0.3 is 5.32 Å². The van der Waals surface area contributed by atoms with E-state index in [1.807, 2.05) is 7.05 Å². The summed E-state index contributed by atoms with van der Waals surface area (Å²) in [5.74, 6) is 0.707. The molecule has 0 radical (unpaired) electrons. The lowest BCUT2D eigenvalue weighted by molar-refractivity contribution is 0.242. The molecule has 1 aromatic heterocycles. The molecule has 0 amide bonds. The molecule has 0 saturated carbocycles. The highest BCUT2D eigenvalue weighted by atomic mass is 15.6. The van der Waals surface area contributed by atoms with Gasteiger partial charge in [-0.25, -0.2) is 4.68 Å². The SMILES string of the molecule is Cn1nnnc1NC1CCN(CC#N)CC1. The largest absolute Gasteiger partial charge is 0.350 e. The molecule has 2 heterocycles. The van der Waals surface area contributed by atoms with Crippen LogP contribution >= 0.6 is 0 Å². The molecule has 0 aromatic carbocycles. The van der Waals surface area contributed by atoms with Crippen molar-refractivity contribution in [3.05, 3.63) is 0 Å². The summed E-state index contributed by atoms with van der Waals surface area (Å²) in [6.07, 6.45) is 2.04. The monoisotopic (exact) mass is 221 g/mol. The van der Waals surface area contributed by atoms with E-state index in [1.54, 1.807) is 4.68 Å². The van der Waals surface area contributed by atoms with Crippen LogP contribution in [0.15, 0.2) is 0 Å². The fourth-order valence-corrected chi connectivity index (χ4v) is 1.87. The van der Waals surface area contributed by atoms with Crippen LogP contribution in [0.2, 0.25) is 0 Å². The Morgan fingerprint density at radius 2 is 2.25 bits per heavy atom. The number of hydrogen-bond donors (Lipinski definition) is 1. The zero-order valence-electron chi connectivity index (χ0n) is 9.30. The average molecular weight is 221 g/mol. The zero-order chi connectivity index (χ0) is 11.4. The van der Waals surface area contributed by atoms with E-state index in [-0.39, 0.29) is 0 Å². The minimum atomic E-state index is 0.402. The number of tetrazole rings is 1. The van der Waals surface area contributed by atoms with Gasteiger partial charge >= 0.3 is 0 Å². The number of rotatable bonds is 3. The fourth-order valence-electron chi connectivity index (χ4n) is 1.87. The van der Waals surface area contributed by atoms with Crippen LogP contribution < -0.4 is 5.32 Å². The van der Waals surface area contributed by atoms with Gasteiger partial charge in [0.25, 0.3) is 0 Å². The maximum Gasteiger partial charge on any atom is 0.242 e. The number of hydrogen-bond acceptors (Lipinski definition) is 6. The minimum Gasteiger partial charge on any atom is -0.350 e. The molecule has 0 spiro atoms. The van der Waals surface area contributed by atoms with E-state index in [1.165, 1.54) is 0 Å². The van der Waals surface area contributed by atoms with Crippen molar-refractivity contribution in [3.63, 3.8) is 0 Å². The van der Waals surface area contributed by atoms with Gasteiger partial charge in [0.2, 0.25) is 5.95 Å². The van der Waals surface area contributed by atoms with E-state index in [9.17, 15) is 0 Å². The van der Waals surface area contributed by atoms with E-state index in [2.05, 4.69) is 31.8 Å². The quantitative estimate of drug-likeness (QED) is 0.700. The second-order valence-corrected chi connectivity index (χ2v) is 3.98. The highest BCUT2D eigenvalue weighted by molar-refractivity contribution is 5.23. The number of anilines is 1. The number of piperidine rings is 1. The van der Waals surface area contributed by atoms with Crippen LogP contribution in [0.1, 0.15) is 12.8 Å². The first-order valence-corrected chi connectivity index (χ1v) is 5.38. The van der Waals surface area contributed by atoms with Gasteiger partial charge in [-0.1, -0.05) is 5.10 Å². The Morgan fingerprint density at radius 1 is 1.50 bits per heavy atom. The summed E-state index contributed by atoms with van der Waals surface area (Å²) in [6, 6.07) is 2.58. The molecule has 1 aromatic rings. The van der Waals surface area contributed by atoms with Crippen LogP contribution in [0, 0.1) is 11.3 Å². The van der Waals surface area contributed by atoms with Gasteiger partial charge in [-0.2, -0.15) is 5.26 Å². The predicted molar refractivity (Wildman–Crippen MR) is 57.5 cm³/mol. The molecule has 1 aliphatic rings. The number of likely N-dealkylation sites (tertiary alicyclic amines) is 1. The predicted octanol–water partition coefficient (Wildman–Crippen LogP) is -0.390. The number of nitriles is 1. The van der Waals surface area contributed by atoms with Crippen LogP contribution in [-0.4, -0.2) is 50.8 Å². The summed E-state index contributed by atoms with van der Waals surface area (Å²) in [7, 11) is 1.81. The molecule has 1 N–H and O–H groups in total. The normalized spacial score (nSPS) is 18.2. The van der Waals surface area contributed by atoms with Gasteiger partial charge in [-0.3, -0.25) is 4.90 Å². The molecular weight excluding hydrogens is 206 g/mol. The van der Waals surface area contributed by atoms with Crippen LogP contribution in [0.4, 0.5) is 5.95 Å². The van der Waals surface area contributed by atoms with Gasteiger partial charge in [0, 0.05) is 26.2 Å². The molecule has 0 atom stereocenters.